The Morgan fingerprint density at radius 2 is 2.46 bits per heavy atom. The Kier molecular flexibility index (Phi) is 4.49. The highest BCUT2D eigenvalue weighted by Crippen LogP contribution is 2.05. The molecule has 1 aromatic heterocycles. The molecule has 13 heavy (non-hydrogen) atoms. The van der Waals surface area contributed by atoms with E-state index in [1.54, 1.807) is 6.20 Å². The van der Waals surface area contributed by atoms with E-state index < -0.39 is 0 Å². The van der Waals surface area contributed by atoms with Crippen LogP contribution in [0.25, 0.3) is 0 Å². The van der Waals surface area contributed by atoms with E-state index in [0.29, 0.717) is 13.2 Å². The van der Waals surface area contributed by atoms with Gasteiger partial charge in [0.1, 0.15) is 12.4 Å². The summed E-state index contributed by atoms with van der Waals surface area (Å²) in [5.41, 5.74) is 0. The molecule has 0 aliphatic rings. The lowest BCUT2D eigenvalue weighted by atomic mass is 10.4. The Bertz CT molecular complexity index is 213. The maximum absolute atomic E-state index is 5.41. The molecule has 0 aromatic carbocycles. The van der Waals surface area contributed by atoms with Crippen molar-refractivity contribution in [3.63, 3.8) is 0 Å². The van der Waals surface area contributed by atoms with Crippen LogP contribution in [0, 0.1) is 0 Å². The molecule has 0 fully saturated rings. The largest absolute Gasteiger partial charge is 0.443 e. The molecule has 1 rings (SSSR count). The first kappa shape index (κ1) is 10.2. The molecule has 4 heteroatoms. The second-order valence-corrected chi connectivity index (χ2v) is 2.71. The van der Waals surface area contributed by atoms with Crippen LogP contribution in [0.3, 0.4) is 0 Å². The summed E-state index contributed by atoms with van der Waals surface area (Å²) < 4.78 is 10.6. The minimum Gasteiger partial charge on any atom is -0.443 e. The lowest BCUT2D eigenvalue weighted by molar-refractivity contribution is 0.117. The van der Waals surface area contributed by atoms with Gasteiger partial charge in [-0.3, -0.25) is 0 Å². The van der Waals surface area contributed by atoms with Gasteiger partial charge in [0, 0.05) is 19.6 Å². The molecule has 0 saturated heterocycles. The molecular weight excluding hydrogens is 168 g/mol. The molecule has 0 bridgehead atoms. The van der Waals surface area contributed by atoms with Crippen LogP contribution >= 0.6 is 0 Å². The molecule has 1 aromatic rings. The van der Waals surface area contributed by atoms with Crippen molar-refractivity contribution in [2.75, 3.05) is 20.2 Å². The van der Waals surface area contributed by atoms with E-state index in [9.17, 15) is 0 Å². The summed E-state index contributed by atoms with van der Waals surface area (Å²) in [4.78, 5) is 4.12. The third-order valence-corrected chi connectivity index (χ3v) is 1.64. The van der Waals surface area contributed by atoms with Crippen LogP contribution in [0.4, 0.5) is 0 Å². The summed E-state index contributed by atoms with van der Waals surface area (Å²) in [6.45, 7) is 4.06. The fraction of sp³-hybridized carbons (Fsp3) is 0.667. The van der Waals surface area contributed by atoms with Gasteiger partial charge in [0.15, 0.2) is 5.89 Å². The quantitative estimate of drug-likeness (QED) is 0.715. The Hall–Kier alpha value is -0.870. The van der Waals surface area contributed by atoms with E-state index in [1.165, 1.54) is 0 Å². The zero-order valence-corrected chi connectivity index (χ0v) is 8.17. The van der Waals surface area contributed by atoms with Crippen LogP contribution in [-0.2, 0) is 17.8 Å². The Morgan fingerprint density at radius 1 is 1.62 bits per heavy atom. The molecule has 0 amide bonds. The van der Waals surface area contributed by atoms with E-state index >= 15 is 0 Å². The highest BCUT2D eigenvalue weighted by atomic mass is 16.5. The van der Waals surface area contributed by atoms with Crippen LogP contribution in [0.5, 0.6) is 0 Å². The predicted octanol–water partition coefficient (Wildman–Crippen LogP) is 0.973. The number of hydrogen-bond acceptors (Lipinski definition) is 4. The number of ether oxygens (including phenoxy) is 1. The first-order chi connectivity index (χ1) is 6.36. The first-order valence-corrected chi connectivity index (χ1v) is 4.52. The molecule has 0 aliphatic heterocycles. The zero-order valence-electron chi connectivity index (χ0n) is 8.17. The van der Waals surface area contributed by atoms with Crippen LogP contribution in [0.1, 0.15) is 18.6 Å². The number of rotatable bonds is 6. The number of hydrogen-bond donors (Lipinski definition) is 1. The Balaban J connectivity index is 2.34. The maximum Gasteiger partial charge on any atom is 0.195 e. The number of likely N-dealkylation sites (N-methyl/N-ethyl adjacent to an activating group) is 1. The monoisotopic (exact) mass is 184 g/mol. The van der Waals surface area contributed by atoms with Crippen molar-refractivity contribution in [2.24, 2.45) is 0 Å². The van der Waals surface area contributed by atoms with Gasteiger partial charge in [-0.2, -0.15) is 0 Å². The Morgan fingerprint density at radius 3 is 3.15 bits per heavy atom. The number of oxazole rings is 1. The standard InChI is InChI=1S/C9H16N2O2/c1-3-12-7-8-6-11-9(13-8)4-5-10-2/h6,10H,3-5,7H2,1-2H3. The zero-order chi connectivity index (χ0) is 9.52. The Labute approximate surface area is 78.3 Å². The molecule has 1 N–H and O–H groups in total. The molecule has 74 valence electrons. The van der Waals surface area contributed by atoms with Crippen molar-refractivity contribution >= 4 is 0 Å². The fourth-order valence-corrected chi connectivity index (χ4v) is 0.965. The number of nitrogens with zero attached hydrogens (tertiary/aromatic N) is 1. The van der Waals surface area contributed by atoms with Crippen molar-refractivity contribution in [1.29, 1.82) is 0 Å². The van der Waals surface area contributed by atoms with E-state index in [-0.39, 0.29) is 0 Å². The fourth-order valence-electron chi connectivity index (χ4n) is 0.965. The summed E-state index contributed by atoms with van der Waals surface area (Å²) in [6, 6.07) is 0. The molecule has 4 nitrogen and oxygen atoms in total. The van der Waals surface area contributed by atoms with Gasteiger partial charge >= 0.3 is 0 Å². The third-order valence-electron chi connectivity index (χ3n) is 1.64. The van der Waals surface area contributed by atoms with Crippen LogP contribution in [-0.4, -0.2) is 25.2 Å². The maximum atomic E-state index is 5.41. The lowest BCUT2D eigenvalue weighted by Crippen LogP contribution is -2.10. The van der Waals surface area contributed by atoms with Crippen molar-refractivity contribution < 1.29 is 9.15 Å². The average molecular weight is 184 g/mol. The predicted molar refractivity (Wildman–Crippen MR) is 49.5 cm³/mol. The van der Waals surface area contributed by atoms with Crippen molar-refractivity contribution in [3.05, 3.63) is 17.8 Å². The summed E-state index contributed by atoms with van der Waals surface area (Å²) in [5, 5.41) is 3.04. The SMILES string of the molecule is CCOCc1cnc(CCNC)o1. The summed E-state index contributed by atoms with van der Waals surface area (Å²) in [7, 11) is 1.91. The average Bonchev–Trinajstić information content (AvgIpc) is 2.59. The lowest BCUT2D eigenvalue weighted by Gasteiger charge is -1.96. The highest BCUT2D eigenvalue weighted by molar-refractivity contribution is 4.92. The summed E-state index contributed by atoms with van der Waals surface area (Å²) >= 11 is 0. The van der Waals surface area contributed by atoms with Gasteiger partial charge < -0.3 is 14.5 Å². The molecule has 0 unspecified atom stereocenters. The van der Waals surface area contributed by atoms with Gasteiger partial charge in [0.2, 0.25) is 0 Å². The van der Waals surface area contributed by atoms with Crippen LogP contribution in [0.15, 0.2) is 10.6 Å². The van der Waals surface area contributed by atoms with Gasteiger partial charge in [-0.15, -0.1) is 0 Å². The second-order valence-electron chi connectivity index (χ2n) is 2.71. The van der Waals surface area contributed by atoms with Gasteiger partial charge in [-0.05, 0) is 14.0 Å². The van der Waals surface area contributed by atoms with Crippen molar-refractivity contribution in [1.82, 2.24) is 10.3 Å². The van der Waals surface area contributed by atoms with Gasteiger partial charge in [0.05, 0.1) is 6.20 Å². The highest BCUT2D eigenvalue weighted by Gasteiger charge is 2.02. The van der Waals surface area contributed by atoms with Gasteiger partial charge in [-0.1, -0.05) is 0 Å². The van der Waals surface area contributed by atoms with Crippen LogP contribution in [0.2, 0.25) is 0 Å². The molecule has 1 heterocycles. The smallest absolute Gasteiger partial charge is 0.195 e. The van der Waals surface area contributed by atoms with E-state index in [0.717, 1.165) is 24.6 Å². The molecule has 0 radical (unpaired) electrons. The van der Waals surface area contributed by atoms with E-state index in [1.807, 2.05) is 14.0 Å². The topological polar surface area (TPSA) is 47.3 Å². The minimum atomic E-state index is 0.517. The summed E-state index contributed by atoms with van der Waals surface area (Å²) in [6.07, 6.45) is 2.54. The van der Waals surface area contributed by atoms with E-state index in [2.05, 4.69) is 10.3 Å². The minimum absolute atomic E-state index is 0.517. The number of aromatic nitrogens is 1. The molecule has 0 saturated carbocycles. The second kappa shape index (κ2) is 5.72. The molecule has 0 atom stereocenters. The normalized spacial score (nSPS) is 10.6. The molecular formula is C9H16N2O2. The molecule has 0 spiro atoms. The van der Waals surface area contributed by atoms with Crippen molar-refractivity contribution in [2.45, 2.75) is 20.0 Å². The first-order valence-electron chi connectivity index (χ1n) is 4.52. The summed E-state index contributed by atoms with van der Waals surface area (Å²) in [5.74, 6) is 1.57. The van der Waals surface area contributed by atoms with E-state index in [4.69, 9.17) is 9.15 Å². The van der Waals surface area contributed by atoms with Crippen molar-refractivity contribution in [3.8, 4) is 0 Å². The molecule has 0 aliphatic carbocycles. The third kappa shape index (κ3) is 3.57. The van der Waals surface area contributed by atoms with Gasteiger partial charge in [-0.25, -0.2) is 4.98 Å². The van der Waals surface area contributed by atoms with Gasteiger partial charge in [0.25, 0.3) is 0 Å². The number of nitrogens with one attached hydrogen (secondary N) is 1. The van der Waals surface area contributed by atoms with Crippen LogP contribution < -0.4 is 5.32 Å².